The Kier molecular flexibility index (Phi) is 3.06. The molecule has 1 heterocycles. The molecule has 0 radical (unpaired) electrons. The Morgan fingerprint density at radius 2 is 2.24 bits per heavy atom. The summed E-state index contributed by atoms with van der Waals surface area (Å²) in [5.41, 5.74) is 6.90. The van der Waals surface area contributed by atoms with Gasteiger partial charge in [-0.1, -0.05) is 5.21 Å². The summed E-state index contributed by atoms with van der Waals surface area (Å²) in [5.74, 6) is -0.246. The Hall–Kier alpha value is -1.95. The first kappa shape index (κ1) is 11.5. The highest BCUT2D eigenvalue weighted by Crippen LogP contribution is 2.20. The third-order valence-electron chi connectivity index (χ3n) is 2.38. The van der Waals surface area contributed by atoms with E-state index in [1.165, 1.54) is 23.9 Å². The maximum absolute atomic E-state index is 13.5. The minimum atomic E-state index is -0.442. The van der Waals surface area contributed by atoms with Gasteiger partial charge in [0.05, 0.1) is 24.7 Å². The molecule has 1 aromatic carbocycles. The van der Waals surface area contributed by atoms with E-state index in [1.54, 1.807) is 12.3 Å². The van der Waals surface area contributed by atoms with Crippen molar-refractivity contribution in [1.29, 1.82) is 0 Å². The lowest BCUT2D eigenvalue weighted by atomic mass is 10.2. The fraction of sp³-hybridized carbons (Fsp3) is 0.273. The lowest BCUT2D eigenvalue weighted by Gasteiger charge is -2.04. The van der Waals surface area contributed by atoms with Gasteiger partial charge in [0.1, 0.15) is 0 Å². The van der Waals surface area contributed by atoms with Gasteiger partial charge < -0.3 is 10.5 Å². The van der Waals surface area contributed by atoms with E-state index in [9.17, 15) is 4.39 Å². The van der Waals surface area contributed by atoms with Crippen LogP contribution in [0, 0.1) is 5.82 Å². The molecule has 1 atom stereocenters. The number of hydrogen-bond donors (Lipinski definition) is 1. The molecule has 2 aromatic rings. The quantitative estimate of drug-likeness (QED) is 0.875. The SMILES string of the molecule is COc1ccc(-n2cc(C(C)N)nn2)cc1F. The van der Waals surface area contributed by atoms with Crippen molar-refractivity contribution in [2.24, 2.45) is 5.73 Å². The predicted octanol–water partition coefficient (Wildman–Crippen LogP) is 1.43. The smallest absolute Gasteiger partial charge is 0.167 e. The van der Waals surface area contributed by atoms with Crippen LogP contribution in [-0.2, 0) is 0 Å². The highest BCUT2D eigenvalue weighted by Gasteiger charge is 2.09. The summed E-state index contributed by atoms with van der Waals surface area (Å²) in [6, 6.07) is 4.37. The van der Waals surface area contributed by atoms with Crippen LogP contribution in [0.2, 0.25) is 0 Å². The van der Waals surface area contributed by atoms with Crippen LogP contribution in [0.4, 0.5) is 4.39 Å². The predicted molar refractivity (Wildman–Crippen MR) is 60.5 cm³/mol. The Balaban J connectivity index is 2.36. The van der Waals surface area contributed by atoms with Gasteiger partial charge in [-0.05, 0) is 19.1 Å². The Morgan fingerprint density at radius 1 is 1.47 bits per heavy atom. The Bertz CT molecular complexity index is 524. The zero-order valence-electron chi connectivity index (χ0n) is 9.59. The molecule has 2 rings (SSSR count). The van der Waals surface area contributed by atoms with Gasteiger partial charge in [-0.25, -0.2) is 9.07 Å². The molecule has 17 heavy (non-hydrogen) atoms. The molecular formula is C11H13FN4O. The van der Waals surface area contributed by atoms with Gasteiger partial charge in [0.25, 0.3) is 0 Å². The molecule has 0 fully saturated rings. The highest BCUT2D eigenvalue weighted by atomic mass is 19.1. The van der Waals surface area contributed by atoms with E-state index in [2.05, 4.69) is 10.3 Å². The van der Waals surface area contributed by atoms with E-state index in [0.29, 0.717) is 11.4 Å². The van der Waals surface area contributed by atoms with Gasteiger partial charge in [0.15, 0.2) is 11.6 Å². The lowest BCUT2D eigenvalue weighted by molar-refractivity contribution is 0.386. The van der Waals surface area contributed by atoms with Crippen LogP contribution < -0.4 is 10.5 Å². The van der Waals surface area contributed by atoms with E-state index in [4.69, 9.17) is 10.5 Å². The zero-order valence-corrected chi connectivity index (χ0v) is 9.59. The number of aromatic nitrogens is 3. The zero-order chi connectivity index (χ0) is 12.4. The van der Waals surface area contributed by atoms with E-state index >= 15 is 0 Å². The van der Waals surface area contributed by atoms with Gasteiger partial charge in [0.2, 0.25) is 0 Å². The molecule has 5 nitrogen and oxygen atoms in total. The third-order valence-corrected chi connectivity index (χ3v) is 2.38. The van der Waals surface area contributed by atoms with Gasteiger partial charge in [-0.2, -0.15) is 0 Å². The molecule has 0 amide bonds. The lowest BCUT2D eigenvalue weighted by Crippen LogP contribution is -2.04. The van der Waals surface area contributed by atoms with Gasteiger partial charge in [0, 0.05) is 12.1 Å². The van der Waals surface area contributed by atoms with Crippen molar-refractivity contribution in [3.63, 3.8) is 0 Å². The molecule has 2 N–H and O–H groups in total. The fourth-order valence-electron chi connectivity index (χ4n) is 1.41. The van der Waals surface area contributed by atoms with Crippen LogP contribution in [0.15, 0.2) is 24.4 Å². The van der Waals surface area contributed by atoms with E-state index in [0.717, 1.165) is 0 Å². The number of nitrogens with zero attached hydrogens (tertiary/aromatic N) is 3. The monoisotopic (exact) mass is 236 g/mol. The third kappa shape index (κ3) is 2.26. The van der Waals surface area contributed by atoms with Crippen molar-refractivity contribution in [1.82, 2.24) is 15.0 Å². The van der Waals surface area contributed by atoms with Gasteiger partial charge >= 0.3 is 0 Å². The largest absolute Gasteiger partial charge is 0.494 e. The topological polar surface area (TPSA) is 66.0 Å². The summed E-state index contributed by atoms with van der Waals surface area (Å²) >= 11 is 0. The molecule has 0 spiro atoms. The van der Waals surface area contributed by atoms with Crippen LogP contribution >= 0.6 is 0 Å². The van der Waals surface area contributed by atoms with E-state index in [1.807, 2.05) is 6.92 Å². The molecular weight excluding hydrogens is 223 g/mol. The first-order valence-electron chi connectivity index (χ1n) is 5.13. The van der Waals surface area contributed by atoms with Crippen molar-refractivity contribution in [2.45, 2.75) is 13.0 Å². The molecule has 0 bridgehead atoms. The molecule has 6 heteroatoms. The number of ether oxygens (including phenoxy) is 1. The number of methoxy groups -OCH3 is 1. The van der Waals surface area contributed by atoms with E-state index in [-0.39, 0.29) is 11.8 Å². The fourth-order valence-corrected chi connectivity index (χ4v) is 1.41. The molecule has 1 aromatic heterocycles. The molecule has 0 saturated carbocycles. The molecule has 1 unspecified atom stereocenters. The standard InChI is InChI=1S/C11H13FN4O/c1-7(13)10-6-16(15-14-10)8-3-4-11(17-2)9(12)5-8/h3-7H,13H2,1-2H3. The summed E-state index contributed by atoms with van der Waals surface area (Å²) in [6.45, 7) is 1.81. The molecule has 0 aliphatic heterocycles. The maximum atomic E-state index is 13.5. The average Bonchev–Trinajstić information content (AvgIpc) is 2.78. The maximum Gasteiger partial charge on any atom is 0.167 e. The van der Waals surface area contributed by atoms with Crippen LogP contribution in [0.3, 0.4) is 0 Å². The molecule has 0 aliphatic carbocycles. The summed E-state index contributed by atoms with van der Waals surface area (Å²) in [4.78, 5) is 0. The van der Waals surface area contributed by atoms with Crippen molar-refractivity contribution in [3.05, 3.63) is 35.9 Å². The Morgan fingerprint density at radius 3 is 2.76 bits per heavy atom. The number of hydrogen-bond acceptors (Lipinski definition) is 4. The second kappa shape index (κ2) is 4.50. The van der Waals surface area contributed by atoms with Crippen molar-refractivity contribution >= 4 is 0 Å². The first-order chi connectivity index (χ1) is 8.11. The minimum absolute atomic E-state index is 0.196. The number of nitrogens with two attached hydrogens (primary N) is 1. The second-order valence-corrected chi connectivity index (χ2v) is 3.70. The van der Waals surface area contributed by atoms with Crippen molar-refractivity contribution in [2.75, 3.05) is 7.11 Å². The van der Waals surface area contributed by atoms with Crippen molar-refractivity contribution < 1.29 is 9.13 Å². The van der Waals surface area contributed by atoms with Gasteiger partial charge in [-0.3, -0.25) is 0 Å². The molecule has 90 valence electrons. The first-order valence-corrected chi connectivity index (χ1v) is 5.13. The summed E-state index contributed by atoms with van der Waals surface area (Å²) in [5, 5.41) is 7.78. The molecule has 0 aliphatic rings. The number of rotatable bonds is 3. The summed E-state index contributed by atoms with van der Waals surface area (Å²) < 4.78 is 19.8. The highest BCUT2D eigenvalue weighted by molar-refractivity contribution is 5.38. The molecule has 0 saturated heterocycles. The van der Waals surface area contributed by atoms with Crippen LogP contribution in [-0.4, -0.2) is 22.1 Å². The average molecular weight is 236 g/mol. The number of benzene rings is 1. The van der Waals surface area contributed by atoms with E-state index < -0.39 is 5.82 Å². The second-order valence-electron chi connectivity index (χ2n) is 3.70. The normalized spacial score (nSPS) is 12.5. The summed E-state index contributed by atoms with van der Waals surface area (Å²) in [6.07, 6.45) is 1.67. The summed E-state index contributed by atoms with van der Waals surface area (Å²) in [7, 11) is 1.42. The van der Waals surface area contributed by atoms with Crippen molar-refractivity contribution in [3.8, 4) is 11.4 Å². The minimum Gasteiger partial charge on any atom is -0.494 e. The van der Waals surface area contributed by atoms with Crippen LogP contribution in [0.5, 0.6) is 5.75 Å². The van der Waals surface area contributed by atoms with Crippen LogP contribution in [0.25, 0.3) is 5.69 Å². The van der Waals surface area contributed by atoms with Gasteiger partial charge in [-0.15, -0.1) is 5.10 Å². The number of halogens is 1. The Labute approximate surface area is 98.0 Å². The van der Waals surface area contributed by atoms with Crippen LogP contribution in [0.1, 0.15) is 18.7 Å².